The smallest absolute Gasteiger partial charge is 0.398 e. The Morgan fingerprint density at radius 1 is 1.11 bits per heavy atom. The standard InChI is InChI=1S/C19H18F3N3O2.ClH/c20-19(21,22)14-7-2-1-5-12(14)18(27)24-11-17(26)25-10-4-6-13-15(23)8-3-9-16(13)25;/h1-3,5,7-9H,4,6,10-11,23H2,(H,24,27);1H. The number of rotatable bonds is 3. The summed E-state index contributed by atoms with van der Waals surface area (Å²) < 4.78 is 39.1. The molecule has 28 heavy (non-hydrogen) atoms. The molecule has 3 N–H and O–H groups in total. The van der Waals surface area contributed by atoms with Gasteiger partial charge in [0.15, 0.2) is 0 Å². The predicted octanol–water partition coefficient (Wildman–Crippen LogP) is 3.42. The summed E-state index contributed by atoms with van der Waals surface area (Å²) in [6, 6.07) is 9.72. The number of nitrogens with one attached hydrogen (secondary N) is 1. The average Bonchev–Trinajstić information content (AvgIpc) is 2.65. The first-order valence-electron chi connectivity index (χ1n) is 8.41. The van der Waals surface area contributed by atoms with E-state index in [0.717, 1.165) is 30.5 Å². The second kappa shape index (κ2) is 8.52. The number of fused-ring (bicyclic) bond motifs is 1. The van der Waals surface area contributed by atoms with E-state index in [2.05, 4.69) is 5.32 Å². The van der Waals surface area contributed by atoms with Crippen LogP contribution in [0.5, 0.6) is 0 Å². The van der Waals surface area contributed by atoms with Gasteiger partial charge < -0.3 is 16.0 Å². The van der Waals surface area contributed by atoms with Crippen LogP contribution in [0.1, 0.15) is 27.9 Å². The van der Waals surface area contributed by atoms with Crippen LogP contribution in [-0.2, 0) is 17.4 Å². The first kappa shape index (κ1) is 21.6. The van der Waals surface area contributed by atoms with Gasteiger partial charge in [0, 0.05) is 17.9 Å². The number of amides is 2. The molecule has 0 aromatic heterocycles. The van der Waals surface area contributed by atoms with E-state index in [1.807, 2.05) is 0 Å². The molecule has 2 aromatic rings. The Hall–Kier alpha value is -2.74. The second-order valence-corrected chi connectivity index (χ2v) is 6.22. The lowest BCUT2D eigenvalue weighted by atomic mass is 10.00. The molecule has 0 saturated carbocycles. The maximum Gasteiger partial charge on any atom is 0.417 e. The van der Waals surface area contributed by atoms with Crippen LogP contribution in [0.3, 0.4) is 0 Å². The van der Waals surface area contributed by atoms with Crippen LogP contribution in [0.25, 0.3) is 0 Å². The third-order valence-electron chi connectivity index (χ3n) is 4.47. The molecule has 5 nitrogen and oxygen atoms in total. The number of nitrogens with two attached hydrogens (primary N) is 1. The average molecular weight is 414 g/mol. The molecule has 1 heterocycles. The zero-order valence-electron chi connectivity index (χ0n) is 14.8. The lowest BCUT2D eigenvalue weighted by Crippen LogP contribution is -2.43. The molecule has 0 radical (unpaired) electrons. The van der Waals surface area contributed by atoms with E-state index in [1.165, 1.54) is 17.0 Å². The van der Waals surface area contributed by atoms with Crippen molar-refractivity contribution in [1.82, 2.24) is 5.32 Å². The minimum atomic E-state index is -4.65. The minimum Gasteiger partial charge on any atom is -0.398 e. The molecule has 0 bridgehead atoms. The Morgan fingerprint density at radius 2 is 1.82 bits per heavy atom. The number of halogens is 4. The molecule has 0 saturated heterocycles. The fraction of sp³-hybridized carbons (Fsp3) is 0.263. The largest absolute Gasteiger partial charge is 0.417 e. The zero-order valence-corrected chi connectivity index (χ0v) is 15.6. The van der Waals surface area contributed by atoms with Crippen LogP contribution < -0.4 is 16.0 Å². The molecule has 3 rings (SSSR count). The summed E-state index contributed by atoms with van der Waals surface area (Å²) in [5.74, 6) is -1.35. The number of hydrogen-bond donors (Lipinski definition) is 2. The van der Waals surface area contributed by atoms with Crippen molar-refractivity contribution in [3.63, 3.8) is 0 Å². The van der Waals surface area contributed by atoms with E-state index in [-0.39, 0.29) is 12.4 Å². The Morgan fingerprint density at radius 3 is 2.54 bits per heavy atom. The number of benzene rings is 2. The fourth-order valence-electron chi connectivity index (χ4n) is 3.19. The highest BCUT2D eigenvalue weighted by Crippen LogP contribution is 2.32. The van der Waals surface area contributed by atoms with Gasteiger partial charge in [-0.2, -0.15) is 13.2 Å². The molecule has 0 atom stereocenters. The van der Waals surface area contributed by atoms with E-state index >= 15 is 0 Å². The van der Waals surface area contributed by atoms with Gasteiger partial charge in [-0.1, -0.05) is 18.2 Å². The van der Waals surface area contributed by atoms with E-state index in [4.69, 9.17) is 5.73 Å². The van der Waals surface area contributed by atoms with Crippen LogP contribution in [-0.4, -0.2) is 24.9 Å². The second-order valence-electron chi connectivity index (χ2n) is 6.22. The van der Waals surface area contributed by atoms with Gasteiger partial charge in [-0.05, 0) is 42.7 Å². The Balaban J connectivity index is 0.00000280. The van der Waals surface area contributed by atoms with Crippen molar-refractivity contribution in [2.24, 2.45) is 0 Å². The molecule has 0 aliphatic carbocycles. The van der Waals surface area contributed by atoms with Gasteiger partial charge in [-0.3, -0.25) is 9.59 Å². The molecule has 0 unspecified atom stereocenters. The lowest BCUT2D eigenvalue weighted by molar-refractivity contribution is -0.137. The summed E-state index contributed by atoms with van der Waals surface area (Å²) in [5.41, 5.74) is 6.53. The molecule has 1 aliphatic heterocycles. The quantitative estimate of drug-likeness (QED) is 0.757. The first-order valence-corrected chi connectivity index (χ1v) is 8.41. The van der Waals surface area contributed by atoms with Crippen LogP contribution in [0.2, 0.25) is 0 Å². The molecular formula is C19H19ClF3N3O2. The van der Waals surface area contributed by atoms with Crippen molar-refractivity contribution in [3.8, 4) is 0 Å². The highest BCUT2D eigenvalue weighted by Gasteiger charge is 2.35. The topological polar surface area (TPSA) is 75.4 Å². The molecule has 0 fully saturated rings. The predicted molar refractivity (Wildman–Crippen MR) is 103 cm³/mol. The van der Waals surface area contributed by atoms with Crippen molar-refractivity contribution in [1.29, 1.82) is 0 Å². The third kappa shape index (κ3) is 4.39. The summed E-state index contributed by atoms with van der Waals surface area (Å²) in [4.78, 5) is 26.2. The summed E-state index contributed by atoms with van der Waals surface area (Å²) in [6.45, 7) is 0.0591. The maximum atomic E-state index is 13.0. The van der Waals surface area contributed by atoms with E-state index in [1.54, 1.807) is 18.2 Å². The third-order valence-corrected chi connectivity index (χ3v) is 4.47. The van der Waals surface area contributed by atoms with Gasteiger partial charge in [0.05, 0.1) is 17.7 Å². The van der Waals surface area contributed by atoms with Crippen molar-refractivity contribution < 1.29 is 22.8 Å². The molecular weight excluding hydrogens is 395 g/mol. The van der Waals surface area contributed by atoms with Crippen LogP contribution in [0, 0.1) is 0 Å². The zero-order chi connectivity index (χ0) is 19.6. The first-order chi connectivity index (χ1) is 12.8. The van der Waals surface area contributed by atoms with Gasteiger partial charge in [-0.25, -0.2) is 0 Å². The normalized spacial score (nSPS) is 13.3. The summed E-state index contributed by atoms with van der Waals surface area (Å²) in [6.07, 6.45) is -3.18. The molecule has 9 heteroatoms. The van der Waals surface area contributed by atoms with Gasteiger partial charge >= 0.3 is 6.18 Å². The lowest BCUT2D eigenvalue weighted by Gasteiger charge is -2.30. The Kier molecular flexibility index (Phi) is 6.56. The van der Waals surface area contributed by atoms with Crippen LogP contribution >= 0.6 is 12.4 Å². The maximum absolute atomic E-state index is 13.0. The summed E-state index contributed by atoms with van der Waals surface area (Å²) >= 11 is 0. The Bertz CT molecular complexity index is 887. The number of alkyl halides is 3. The molecule has 0 spiro atoms. The summed E-state index contributed by atoms with van der Waals surface area (Å²) in [5, 5.41) is 2.29. The highest BCUT2D eigenvalue weighted by molar-refractivity contribution is 6.02. The van der Waals surface area contributed by atoms with E-state index in [0.29, 0.717) is 17.9 Å². The highest BCUT2D eigenvalue weighted by atomic mass is 35.5. The molecule has 2 amide bonds. The SMILES string of the molecule is Cl.Nc1cccc2c1CCCN2C(=O)CNC(=O)c1ccccc1C(F)(F)F. The number of nitrogens with zero attached hydrogens (tertiary/aromatic N) is 1. The van der Waals surface area contributed by atoms with Gasteiger partial charge in [-0.15, -0.1) is 12.4 Å². The minimum absolute atomic E-state index is 0. The molecule has 2 aromatic carbocycles. The van der Waals surface area contributed by atoms with E-state index in [9.17, 15) is 22.8 Å². The number of hydrogen-bond acceptors (Lipinski definition) is 3. The van der Waals surface area contributed by atoms with Crippen molar-refractivity contribution in [2.45, 2.75) is 19.0 Å². The Labute approximate surface area is 166 Å². The molecule has 150 valence electrons. The van der Waals surface area contributed by atoms with Crippen LogP contribution in [0.4, 0.5) is 24.5 Å². The molecule has 1 aliphatic rings. The summed E-state index contributed by atoms with van der Waals surface area (Å²) in [7, 11) is 0. The monoisotopic (exact) mass is 413 g/mol. The van der Waals surface area contributed by atoms with E-state index < -0.39 is 35.7 Å². The van der Waals surface area contributed by atoms with Crippen molar-refractivity contribution in [2.75, 3.05) is 23.7 Å². The van der Waals surface area contributed by atoms with Crippen molar-refractivity contribution >= 4 is 35.6 Å². The number of carbonyl (C=O) groups is 2. The van der Waals surface area contributed by atoms with Gasteiger partial charge in [0.25, 0.3) is 5.91 Å². The number of anilines is 2. The van der Waals surface area contributed by atoms with Crippen molar-refractivity contribution in [3.05, 3.63) is 59.2 Å². The van der Waals surface area contributed by atoms with Gasteiger partial charge in [0.2, 0.25) is 5.91 Å². The number of nitrogen functional groups attached to an aromatic ring is 1. The van der Waals surface area contributed by atoms with Gasteiger partial charge in [0.1, 0.15) is 0 Å². The number of carbonyl (C=O) groups excluding carboxylic acids is 2. The van der Waals surface area contributed by atoms with Crippen LogP contribution in [0.15, 0.2) is 42.5 Å². The fourth-order valence-corrected chi connectivity index (χ4v) is 3.19.